The van der Waals surface area contributed by atoms with Crippen molar-refractivity contribution in [3.05, 3.63) is 57.4 Å². The first-order valence-corrected chi connectivity index (χ1v) is 12.7. The van der Waals surface area contributed by atoms with Gasteiger partial charge in [-0.25, -0.2) is 9.87 Å². The summed E-state index contributed by atoms with van der Waals surface area (Å²) in [6, 6.07) is 9.19. The maximum absolute atomic E-state index is 15.7. The van der Waals surface area contributed by atoms with Gasteiger partial charge in [0.1, 0.15) is 11.9 Å². The number of carbonyl (C=O) groups is 1. The summed E-state index contributed by atoms with van der Waals surface area (Å²) in [5.41, 5.74) is 1.92. The predicted molar refractivity (Wildman–Crippen MR) is 136 cm³/mol. The molecule has 1 saturated heterocycles. The van der Waals surface area contributed by atoms with E-state index in [9.17, 15) is 10.0 Å². The number of thiophene rings is 1. The lowest BCUT2D eigenvalue weighted by Crippen LogP contribution is -2.48. The average molecular weight is 516 g/mol. The standard InChI is InChI=1S/C26H27ClFN3O3S/c1-34-18-6-7-23-20(16-18)24(21(27)17-29-23)22(28)8-9-26(25(32)30-33)10-13-31(14-11-26)12-2-4-19-5-3-15-35-19/h3,5-7,15-17,22,33H,8-14H2,1H3,(H,30,32). The van der Waals surface area contributed by atoms with Gasteiger partial charge in [-0.05, 0) is 55.3 Å². The second kappa shape index (κ2) is 11.4. The molecule has 6 nitrogen and oxygen atoms in total. The van der Waals surface area contributed by atoms with Crippen LogP contribution >= 0.6 is 22.9 Å². The van der Waals surface area contributed by atoms with Gasteiger partial charge in [-0.2, -0.15) is 0 Å². The highest BCUT2D eigenvalue weighted by Gasteiger charge is 2.41. The van der Waals surface area contributed by atoms with Crippen LogP contribution in [0, 0.1) is 17.3 Å². The van der Waals surface area contributed by atoms with Crippen molar-refractivity contribution in [2.75, 3.05) is 26.7 Å². The van der Waals surface area contributed by atoms with E-state index in [0.29, 0.717) is 54.7 Å². The van der Waals surface area contributed by atoms with Crippen LogP contribution in [0.25, 0.3) is 10.9 Å². The lowest BCUT2D eigenvalue weighted by Gasteiger charge is -2.40. The minimum atomic E-state index is -1.40. The number of pyridine rings is 1. The number of carbonyl (C=O) groups excluding carboxylic acids is 1. The highest BCUT2D eigenvalue weighted by molar-refractivity contribution is 7.10. The van der Waals surface area contributed by atoms with Gasteiger partial charge < -0.3 is 4.74 Å². The van der Waals surface area contributed by atoms with Crippen molar-refractivity contribution in [2.45, 2.75) is 31.9 Å². The molecule has 1 fully saturated rings. The van der Waals surface area contributed by atoms with Crippen molar-refractivity contribution in [2.24, 2.45) is 5.41 Å². The zero-order valence-electron chi connectivity index (χ0n) is 19.4. The van der Waals surface area contributed by atoms with Crippen LogP contribution in [0.5, 0.6) is 5.75 Å². The predicted octanol–water partition coefficient (Wildman–Crippen LogP) is 5.39. The van der Waals surface area contributed by atoms with Crippen molar-refractivity contribution < 1.29 is 19.1 Å². The quantitative estimate of drug-likeness (QED) is 0.251. The van der Waals surface area contributed by atoms with Crippen LogP contribution in [-0.2, 0) is 4.79 Å². The van der Waals surface area contributed by atoms with E-state index in [2.05, 4.69) is 21.7 Å². The minimum Gasteiger partial charge on any atom is -0.497 e. The molecule has 1 aliphatic heterocycles. The molecule has 0 radical (unpaired) electrons. The Kier molecular flexibility index (Phi) is 8.24. The molecule has 0 saturated carbocycles. The monoisotopic (exact) mass is 515 g/mol. The van der Waals surface area contributed by atoms with Gasteiger partial charge in [-0.1, -0.05) is 29.5 Å². The SMILES string of the molecule is COc1ccc2ncc(Cl)c(C(F)CCC3(C(=O)NO)CCN(CC#Cc4cccs4)CC3)c2c1. The average Bonchev–Trinajstić information content (AvgIpc) is 3.40. The van der Waals surface area contributed by atoms with Crippen LogP contribution in [-0.4, -0.2) is 47.7 Å². The van der Waals surface area contributed by atoms with Crippen molar-refractivity contribution >= 4 is 39.7 Å². The van der Waals surface area contributed by atoms with Crippen molar-refractivity contribution in [3.8, 4) is 17.6 Å². The van der Waals surface area contributed by atoms with Gasteiger partial charge in [0.05, 0.1) is 34.5 Å². The summed E-state index contributed by atoms with van der Waals surface area (Å²) < 4.78 is 20.9. The Morgan fingerprint density at radius 2 is 2.20 bits per heavy atom. The molecule has 0 spiro atoms. The largest absolute Gasteiger partial charge is 0.497 e. The minimum absolute atomic E-state index is 0.0850. The van der Waals surface area contributed by atoms with Crippen molar-refractivity contribution in [1.29, 1.82) is 0 Å². The molecule has 2 N–H and O–H groups in total. The Hall–Kier alpha value is -2.70. The van der Waals surface area contributed by atoms with Crippen LogP contribution in [0.1, 0.15) is 42.3 Å². The second-order valence-electron chi connectivity index (χ2n) is 8.69. The van der Waals surface area contributed by atoms with Gasteiger partial charge in [0, 0.05) is 30.2 Å². The summed E-state index contributed by atoms with van der Waals surface area (Å²) in [5, 5.41) is 12.2. The Bertz CT molecular complexity index is 1230. The number of methoxy groups -OCH3 is 1. The van der Waals surface area contributed by atoms with Gasteiger partial charge >= 0.3 is 0 Å². The summed E-state index contributed by atoms with van der Waals surface area (Å²) >= 11 is 7.96. The maximum atomic E-state index is 15.7. The Morgan fingerprint density at radius 1 is 1.40 bits per heavy atom. The number of benzene rings is 1. The van der Waals surface area contributed by atoms with Gasteiger partial charge in [0.15, 0.2) is 0 Å². The van der Waals surface area contributed by atoms with E-state index in [1.165, 1.54) is 6.20 Å². The molecular weight excluding hydrogens is 489 g/mol. The fraction of sp³-hybridized carbons (Fsp3) is 0.385. The number of amides is 1. The second-order valence-corrected chi connectivity index (χ2v) is 10.0. The first kappa shape index (κ1) is 25.4. The molecule has 0 aliphatic carbocycles. The molecule has 1 aliphatic rings. The van der Waals surface area contributed by atoms with Crippen molar-refractivity contribution in [3.63, 3.8) is 0 Å². The number of hydroxylamine groups is 1. The maximum Gasteiger partial charge on any atom is 0.249 e. The number of hydrogen-bond donors (Lipinski definition) is 2. The van der Waals surface area contributed by atoms with Gasteiger partial charge in [-0.3, -0.25) is 19.9 Å². The summed E-state index contributed by atoms with van der Waals surface area (Å²) in [6.07, 6.45) is 1.42. The first-order valence-electron chi connectivity index (χ1n) is 11.4. The fourth-order valence-corrected chi connectivity index (χ4v) is 5.46. The van der Waals surface area contributed by atoms with Crippen LogP contribution in [0.15, 0.2) is 41.9 Å². The first-order chi connectivity index (χ1) is 17.0. The summed E-state index contributed by atoms with van der Waals surface area (Å²) in [7, 11) is 1.54. The molecule has 1 unspecified atom stereocenters. The fourth-order valence-electron chi connectivity index (χ4n) is 4.60. The van der Waals surface area contributed by atoms with E-state index in [-0.39, 0.29) is 17.9 Å². The third-order valence-corrected chi connectivity index (χ3v) is 7.78. The van der Waals surface area contributed by atoms with Gasteiger partial charge in [0.2, 0.25) is 5.91 Å². The molecule has 184 valence electrons. The molecule has 4 rings (SSSR count). The zero-order valence-corrected chi connectivity index (χ0v) is 21.0. The molecule has 1 atom stereocenters. The molecule has 3 aromatic rings. The number of rotatable bonds is 7. The number of alkyl halides is 1. The molecule has 2 aromatic heterocycles. The number of ether oxygens (including phenoxy) is 1. The Labute approximate surface area is 213 Å². The number of piperidine rings is 1. The van der Waals surface area contributed by atoms with Crippen LogP contribution in [0.3, 0.4) is 0 Å². The lowest BCUT2D eigenvalue weighted by atomic mass is 9.73. The van der Waals surface area contributed by atoms with Gasteiger partial charge in [0.25, 0.3) is 0 Å². The smallest absolute Gasteiger partial charge is 0.249 e. The van der Waals surface area contributed by atoms with E-state index >= 15 is 4.39 Å². The lowest BCUT2D eigenvalue weighted by molar-refractivity contribution is -0.143. The molecule has 1 amide bonds. The summed E-state index contributed by atoms with van der Waals surface area (Å²) in [5.74, 6) is 6.44. The normalized spacial score (nSPS) is 16.3. The Balaban J connectivity index is 1.46. The number of hydrogen-bond acceptors (Lipinski definition) is 6. The highest BCUT2D eigenvalue weighted by Crippen LogP contribution is 2.42. The summed E-state index contributed by atoms with van der Waals surface area (Å²) in [4.78, 5) is 20.2. The van der Waals surface area contributed by atoms with Crippen LogP contribution < -0.4 is 10.2 Å². The number of likely N-dealkylation sites (tertiary alicyclic amines) is 1. The molecule has 3 heterocycles. The van der Waals surface area contributed by atoms with E-state index < -0.39 is 17.5 Å². The number of aromatic nitrogens is 1. The third-order valence-electron chi connectivity index (χ3n) is 6.69. The van der Waals surface area contributed by atoms with E-state index in [4.69, 9.17) is 16.3 Å². The van der Waals surface area contributed by atoms with E-state index in [1.807, 2.05) is 23.0 Å². The third kappa shape index (κ3) is 5.76. The number of nitrogens with one attached hydrogen (secondary N) is 1. The van der Waals surface area contributed by atoms with Gasteiger partial charge in [-0.15, -0.1) is 11.3 Å². The molecule has 0 bridgehead atoms. The van der Waals surface area contributed by atoms with Crippen LogP contribution in [0.4, 0.5) is 4.39 Å². The molecule has 1 aromatic carbocycles. The number of halogens is 2. The number of nitrogens with zero attached hydrogens (tertiary/aromatic N) is 2. The molecule has 9 heteroatoms. The Morgan fingerprint density at radius 3 is 2.89 bits per heavy atom. The summed E-state index contributed by atoms with van der Waals surface area (Å²) in [6.45, 7) is 1.88. The molecular formula is C26H27ClFN3O3S. The number of fused-ring (bicyclic) bond motifs is 1. The molecule has 35 heavy (non-hydrogen) atoms. The zero-order chi connectivity index (χ0) is 24.8. The van der Waals surface area contributed by atoms with E-state index in [0.717, 1.165) is 4.88 Å². The van der Waals surface area contributed by atoms with Crippen LogP contribution in [0.2, 0.25) is 5.02 Å². The topological polar surface area (TPSA) is 74.7 Å². The highest BCUT2D eigenvalue weighted by atomic mass is 35.5. The van der Waals surface area contributed by atoms with E-state index in [1.54, 1.807) is 36.6 Å². The van der Waals surface area contributed by atoms with Crippen molar-refractivity contribution in [1.82, 2.24) is 15.4 Å².